The third kappa shape index (κ3) is 3.19. The smallest absolute Gasteiger partial charge is 0.349 e. The minimum absolute atomic E-state index is 0.0400. The Hall–Kier alpha value is -2.40. The predicted octanol–water partition coefficient (Wildman–Crippen LogP) is 3.83. The largest absolute Gasteiger partial charge is 0.422 e. The molecule has 1 aromatic heterocycles. The minimum Gasteiger partial charge on any atom is -0.422 e. The van der Waals surface area contributed by atoms with Gasteiger partial charge in [0.25, 0.3) is 5.91 Å². The van der Waals surface area contributed by atoms with Crippen LogP contribution in [0.2, 0.25) is 0 Å². The van der Waals surface area contributed by atoms with Gasteiger partial charge in [-0.2, -0.15) is 0 Å². The van der Waals surface area contributed by atoms with E-state index in [2.05, 4.69) is 15.9 Å². The van der Waals surface area contributed by atoms with Crippen molar-refractivity contribution in [3.8, 4) is 0 Å². The third-order valence-electron chi connectivity index (χ3n) is 3.58. The molecule has 0 saturated carbocycles. The zero-order valence-corrected chi connectivity index (χ0v) is 14.0. The van der Waals surface area contributed by atoms with Gasteiger partial charge in [-0.05, 0) is 23.8 Å². The Bertz CT molecular complexity index is 933. The first-order chi connectivity index (χ1) is 11.1. The van der Waals surface area contributed by atoms with E-state index in [-0.39, 0.29) is 11.5 Å². The number of carbonyl (C=O) groups is 1. The fourth-order valence-corrected chi connectivity index (χ4v) is 2.78. The first-order valence-electron chi connectivity index (χ1n) is 7.08. The van der Waals surface area contributed by atoms with E-state index in [0.717, 1.165) is 15.4 Å². The summed E-state index contributed by atoms with van der Waals surface area (Å²) in [6.45, 7) is 0.395. The predicted molar refractivity (Wildman–Crippen MR) is 92.4 cm³/mol. The number of carbonyl (C=O) groups excluding carboxylic acids is 1. The molecule has 3 rings (SSSR count). The molecule has 4 nitrogen and oxygen atoms in total. The van der Waals surface area contributed by atoms with Crippen LogP contribution in [0.3, 0.4) is 0 Å². The van der Waals surface area contributed by atoms with Crippen LogP contribution in [0.25, 0.3) is 11.0 Å². The fraction of sp³-hybridized carbons (Fsp3) is 0.111. The number of halogens is 1. The second-order valence-electron chi connectivity index (χ2n) is 5.24. The third-order valence-corrected chi connectivity index (χ3v) is 4.36. The van der Waals surface area contributed by atoms with Crippen LogP contribution in [0.5, 0.6) is 0 Å². The summed E-state index contributed by atoms with van der Waals surface area (Å²) in [6.07, 6.45) is 0. The van der Waals surface area contributed by atoms with Gasteiger partial charge in [0.15, 0.2) is 0 Å². The van der Waals surface area contributed by atoms with Gasteiger partial charge in [0.2, 0.25) is 0 Å². The highest BCUT2D eigenvalue weighted by atomic mass is 79.9. The molecule has 0 unspecified atom stereocenters. The molecule has 0 atom stereocenters. The van der Waals surface area contributed by atoms with Gasteiger partial charge in [-0.1, -0.05) is 52.3 Å². The lowest BCUT2D eigenvalue weighted by Crippen LogP contribution is -2.30. The number of hydrogen-bond acceptors (Lipinski definition) is 3. The average molecular weight is 372 g/mol. The minimum atomic E-state index is -0.618. The lowest BCUT2D eigenvalue weighted by molar-refractivity contribution is 0.0781. The number of para-hydroxylation sites is 1. The molecule has 0 aliphatic heterocycles. The van der Waals surface area contributed by atoms with E-state index in [1.807, 2.05) is 36.4 Å². The van der Waals surface area contributed by atoms with Crippen LogP contribution in [0.1, 0.15) is 15.9 Å². The summed E-state index contributed by atoms with van der Waals surface area (Å²) in [6, 6.07) is 16.4. The second kappa shape index (κ2) is 6.38. The molecule has 1 amide bonds. The van der Waals surface area contributed by atoms with E-state index in [0.29, 0.717) is 12.1 Å². The first kappa shape index (κ1) is 15.5. The molecule has 0 N–H and O–H groups in total. The van der Waals surface area contributed by atoms with Crippen molar-refractivity contribution in [2.24, 2.45) is 0 Å². The first-order valence-corrected chi connectivity index (χ1v) is 7.87. The molecule has 23 heavy (non-hydrogen) atoms. The zero-order chi connectivity index (χ0) is 16.4. The molecular weight excluding hydrogens is 358 g/mol. The summed E-state index contributed by atoms with van der Waals surface area (Å²) >= 11 is 3.46. The van der Waals surface area contributed by atoms with E-state index in [1.165, 1.54) is 4.90 Å². The second-order valence-corrected chi connectivity index (χ2v) is 6.09. The Morgan fingerprint density at radius 1 is 1.13 bits per heavy atom. The van der Waals surface area contributed by atoms with Crippen molar-refractivity contribution in [2.75, 3.05) is 7.05 Å². The molecule has 5 heteroatoms. The topological polar surface area (TPSA) is 50.5 Å². The van der Waals surface area contributed by atoms with E-state index in [4.69, 9.17) is 4.42 Å². The van der Waals surface area contributed by atoms with Crippen LogP contribution < -0.4 is 5.63 Å². The lowest BCUT2D eigenvalue weighted by Gasteiger charge is -2.17. The quantitative estimate of drug-likeness (QED) is 0.657. The van der Waals surface area contributed by atoms with Crippen molar-refractivity contribution >= 4 is 32.8 Å². The van der Waals surface area contributed by atoms with Gasteiger partial charge in [0.1, 0.15) is 11.1 Å². The molecule has 0 aliphatic rings. The number of hydrogen-bond donors (Lipinski definition) is 0. The molecule has 0 aliphatic carbocycles. The van der Waals surface area contributed by atoms with Crippen molar-refractivity contribution in [2.45, 2.75) is 6.54 Å². The molecule has 0 spiro atoms. The van der Waals surface area contributed by atoms with Gasteiger partial charge in [-0.25, -0.2) is 4.79 Å². The SMILES string of the molecule is CN(Cc1ccccc1Br)C(=O)c1cc2ccccc2oc1=O. The number of nitrogens with zero attached hydrogens (tertiary/aromatic N) is 1. The molecule has 3 aromatic rings. The van der Waals surface area contributed by atoms with Gasteiger partial charge in [-0.3, -0.25) is 4.79 Å². The summed E-state index contributed by atoms with van der Waals surface area (Å²) in [5, 5.41) is 0.727. The summed E-state index contributed by atoms with van der Waals surface area (Å²) in [7, 11) is 1.66. The van der Waals surface area contributed by atoms with E-state index < -0.39 is 5.63 Å². The van der Waals surface area contributed by atoms with E-state index in [1.54, 1.807) is 25.2 Å². The Balaban J connectivity index is 1.92. The molecule has 1 heterocycles. The highest BCUT2D eigenvalue weighted by Gasteiger charge is 2.18. The maximum atomic E-state index is 12.6. The van der Waals surface area contributed by atoms with Gasteiger partial charge < -0.3 is 9.32 Å². The van der Waals surface area contributed by atoms with Gasteiger partial charge in [0.05, 0.1) is 0 Å². The van der Waals surface area contributed by atoms with Gasteiger partial charge >= 0.3 is 5.63 Å². The maximum absolute atomic E-state index is 12.6. The van der Waals surface area contributed by atoms with Crippen LogP contribution in [-0.2, 0) is 6.54 Å². The Kier molecular flexibility index (Phi) is 4.30. The summed E-state index contributed by atoms with van der Waals surface area (Å²) in [5.41, 5.74) is 0.863. The normalized spacial score (nSPS) is 10.7. The molecular formula is C18H14BrNO3. The van der Waals surface area contributed by atoms with Crippen molar-refractivity contribution in [1.82, 2.24) is 4.90 Å². The maximum Gasteiger partial charge on any atom is 0.349 e. The molecule has 0 bridgehead atoms. The molecule has 0 radical (unpaired) electrons. The number of amides is 1. The molecule has 116 valence electrons. The van der Waals surface area contributed by atoms with Crippen molar-refractivity contribution < 1.29 is 9.21 Å². The number of rotatable bonds is 3. The van der Waals surface area contributed by atoms with E-state index in [9.17, 15) is 9.59 Å². The highest BCUT2D eigenvalue weighted by molar-refractivity contribution is 9.10. The van der Waals surface area contributed by atoms with E-state index >= 15 is 0 Å². The fourth-order valence-electron chi connectivity index (χ4n) is 2.37. The highest BCUT2D eigenvalue weighted by Crippen LogP contribution is 2.19. The molecule has 2 aromatic carbocycles. The van der Waals surface area contributed by atoms with Gasteiger partial charge in [0, 0.05) is 23.5 Å². The van der Waals surface area contributed by atoms with Crippen LogP contribution in [0.15, 0.2) is 68.3 Å². The number of fused-ring (bicyclic) bond motifs is 1. The Morgan fingerprint density at radius 2 is 1.83 bits per heavy atom. The molecule has 0 saturated heterocycles. The Labute approximate surface area is 141 Å². The average Bonchev–Trinajstić information content (AvgIpc) is 2.55. The summed E-state index contributed by atoms with van der Waals surface area (Å²) in [5.74, 6) is -0.361. The summed E-state index contributed by atoms with van der Waals surface area (Å²) in [4.78, 5) is 26.2. The van der Waals surface area contributed by atoms with Crippen LogP contribution >= 0.6 is 15.9 Å². The monoisotopic (exact) mass is 371 g/mol. The molecule has 0 fully saturated rings. The summed E-state index contributed by atoms with van der Waals surface area (Å²) < 4.78 is 6.15. The van der Waals surface area contributed by atoms with Crippen LogP contribution in [-0.4, -0.2) is 17.9 Å². The van der Waals surface area contributed by atoms with Gasteiger partial charge in [-0.15, -0.1) is 0 Å². The van der Waals surface area contributed by atoms with Crippen molar-refractivity contribution in [3.05, 3.63) is 80.6 Å². The van der Waals surface area contributed by atoms with Crippen molar-refractivity contribution in [1.29, 1.82) is 0 Å². The Morgan fingerprint density at radius 3 is 2.61 bits per heavy atom. The lowest BCUT2D eigenvalue weighted by atomic mass is 10.1. The van der Waals surface area contributed by atoms with Crippen LogP contribution in [0, 0.1) is 0 Å². The van der Waals surface area contributed by atoms with Crippen molar-refractivity contribution in [3.63, 3.8) is 0 Å². The van der Waals surface area contributed by atoms with Crippen LogP contribution in [0.4, 0.5) is 0 Å². The standard InChI is InChI=1S/C18H14BrNO3/c1-20(11-13-7-2-4-8-15(13)19)17(21)14-10-12-6-3-5-9-16(12)23-18(14)22/h2-10H,11H2,1H3. The zero-order valence-electron chi connectivity index (χ0n) is 12.5. The number of benzene rings is 2.